The number of rotatable bonds is 5. The van der Waals surface area contributed by atoms with Gasteiger partial charge in [-0.3, -0.25) is 14.9 Å². The van der Waals surface area contributed by atoms with Crippen LogP contribution in [-0.4, -0.2) is 17.8 Å². The standard InChI is InChI=1S/C24H15BrClFN2O4/c25-16-4-8-18(9-5-16)29-23(31)19(22(30)28-24(29)32)11-15-3-10-21(20(26)12-15)33-13-14-1-6-17(27)7-2-14/h1-12H,13H2,(H,28,30,32)/b19-11+. The molecule has 0 atom stereocenters. The van der Waals surface area contributed by atoms with E-state index in [-0.39, 0.29) is 23.0 Å². The van der Waals surface area contributed by atoms with Crippen LogP contribution in [0.1, 0.15) is 11.1 Å². The third-order valence-electron chi connectivity index (χ3n) is 4.76. The number of carbonyl (C=O) groups is 3. The van der Waals surface area contributed by atoms with Crippen molar-refractivity contribution in [2.45, 2.75) is 6.61 Å². The summed E-state index contributed by atoms with van der Waals surface area (Å²) in [6, 6.07) is 16.3. The summed E-state index contributed by atoms with van der Waals surface area (Å²) in [5.74, 6) is -1.50. The molecule has 1 fully saturated rings. The number of barbiturate groups is 1. The van der Waals surface area contributed by atoms with Gasteiger partial charge in [-0.2, -0.15) is 0 Å². The summed E-state index contributed by atoms with van der Waals surface area (Å²) in [5.41, 5.74) is 1.34. The van der Waals surface area contributed by atoms with E-state index < -0.39 is 17.8 Å². The first-order chi connectivity index (χ1) is 15.8. The van der Waals surface area contributed by atoms with Gasteiger partial charge >= 0.3 is 6.03 Å². The fraction of sp³-hybridized carbons (Fsp3) is 0.0417. The molecule has 3 aromatic carbocycles. The van der Waals surface area contributed by atoms with Gasteiger partial charge in [0.25, 0.3) is 11.8 Å². The molecule has 0 unspecified atom stereocenters. The van der Waals surface area contributed by atoms with E-state index in [1.54, 1.807) is 48.5 Å². The fourth-order valence-electron chi connectivity index (χ4n) is 3.11. The summed E-state index contributed by atoms with van der Waals surface area (Å²) < 4.78 is 19.5. The zero-order chi connectivity index (χ0) is 23.5. The van der Waals surface area contributed by atoms with Gasteiger partial charge in [0.2, 0.25) is 0 Å². The maximum Gasteiger partial charge on any atom is 0.335 e. The molecule has 1 N–H and O–H groups in total. The number of halogens is 3. The first-order valence-corrected chi connectivity index (χ1v) is 10.8. The summed E-state index contributed by atoms with van der Waals surface area (Å²) in [5, 5.41) is 2.43. The Morgan fingerprint density at radius 1 is 1.00 bits per heavy atom. The van der Waals surface area contributed by atoms with Crippen LogP contribution in [-0.2, 0) is 16.2 Å². The molecule has 0 spiro atoms. The number of nitrogens with one attached hydrogen (secondary N) is 1. The average Bonchev–Trinajstić information content (AvgIpc) is 2.78. The summed E-state index contributed by atoms with van der Waals surface area (Å²) in [7, 11) is 0. The third-order valence-corrected chi connectivity index (χ3v) is 5.59. The number of anilines is 1. The Morgan fingerprint density at radius 3 is 2.36 bits per heavy atom. The van der Waals surface area contributed by atoms with E-state index >= 15 is 0 Å². The van der Waals surface area contributed by atoms with Gasteiger partial charge in [0.05, 0.1) is 10.7 Å². The van der Waals surface area contributed by atoms with E-state index in [1.165, 1.54) is 24.3 Å². The van der Waals surface area contributed by atoms with Crippen molar-refractivity contribution in [1.29, 1.82) is 0 Å². The molecule has 1 aliphatic heterocycles. The first-order valence-electron chi connectivity index (χ1n) is 9.65. The van der Waals surface area contributed by atoms with Gasteiger partial charge in [-0.05, 0) is 65.7 Å². The Hall–Kier alpha value is -3.49. The zero-order valence-corrected chi connectivity index (χ0v) is 19.2. The molecule has 0 bridgehead atoms. The van der Waals surface area contributed by atoms with E-state index in [0.717, 1.165) is 14.9 Å². The fourth-order valence-corrected chi connectivity index (χ4v) is 3.62. The normalized spacial score (nSPS) is 15.1. The molecule has 1 heterocycles. The second kappa shape index (κ2) is 9.56. The Kier molecular flexibility index (Phi) is 6.57. The molecule has 1 saturated heterocycles. The summed E-state index contributed by atoms with van der Waals surface area (Å²) in [4.78, 5) is 38.5. The maximum absolute atomic E-state index is 13.0. The van der Waals surface area contributed by atoms with Crippen molar-refractivity contribution in [3.05, 3.63) is 98.7 Å². The highest BCUT2D eigenvalue weighted by atomic mass is 79.9. The van der Waals surface area contributed by atoms with Crippen molar-refractivity contribution in [1.82, 2.24) is 5.32 Å². The minimum atomic E-state index is -0.827. The molecule has 0 aliphatic carbocycles. The van der Waals surface area contributed by atoms with Crippen LogP contribution in [0.15, 0.2) is 76.8 Å². The molecule has 3 aromatic rings. The minimum Gasteiger partial charge on any atom is -0.487 e. The quantitative estimate of drug-likeness (QED) is 0.350. The van der Waals surface area contributed by atoms with E-state index in [4.69, 9.17) is 16.3 Å². The van der Waals surface area contributed by atoms with Gasteiger partial charge < -0.3 is 4.74 Å². The molecule has 6 nitrogen and oxygen atoms in total. The average molecular weight is 530 g/mol. The Bertz CT molecular complexity index is 1280. The lowest BCUT2D eigenvalue weighted by molar-refractivity contribution is -0.122. The zero-order valence-electron chi connectivity index (χ0n) is 16.8. The van der Waals surface area contributed by atoms with Crippen LogP contribution < -0.4 is 15.0 Å². The molecule has 0 saturated carbocycles. The molecule has 33 heavy (non-hydrogen) atoms. The van der Waals surface area contributed by atoms with Gasteiger partial charge in [-0.25, -0.2) is 14.1 Å². The van der Waals surface area contributed by atoms with Crippen molar-refractivity contribution in [3.63, 3.8) is 0 Å². The summed E-state index contributed by atoms with van der Waals surface area (Å²) in [6.07, 6.45) is 1.35. The Labute approximate surface area is 201 Å². The SMILES string of the molecule is O=C1NC(=O)N(c2ccc(Br)cc2)C(=O)/C1=C/c1ccc(OCc2ccc(F)cc2)c(Cl)c1. The Morgan fingerprint density at radius 2 is 1.70 bits per heavy atom. The predicted molar refractivity (Wildman–Crippen MR) is 125 cm³/mol. The van der Waals surface area contributed by atoms with Gasteiger partial charge in [0.1, 0.15) is 23.7 Å². The molecule has 4 rings (SSSR count). The predicted octanol–water partition coefficient (Wildman–Crippen LogP) is 5.49. The van der Waals surface area contributed by atoms with Crippen LogP contribution in [0.4, 0.5) is 14.9 Å². The second-order valence-corrected chi connectivity index (χ2v) is 8.36. The molecule has 1 aliphatic rings. The number of ether oxygens (including phenoxy) is 1. The van der Waals surface area contributed by atoms with E-state index in [9.17, 15) is 18.8 Å². The second-order valence-electron chi connectivity index (χ2n) is 7.04. The number of hydrogen-bond donors (Lipinski definition) is 1. The maximum atomic E-state index is 13.0. The summed E-state index contributed by atoms with van der Waals surface area (Å²) >= 11 is 9.60. The van der Waals surface area contributed by atoms with Crippen molar-refractivity contribution in [2.75, 3.05) is 4.90 Å². The molecular formula is C24H15BrClFN2O4. The minimum absolute atomic E-state index is 0.186. The van der Waals surface area contributed by atoms with E-state index in [1.807, 2.05) is 0 Å². The smallest absolute Gasteiger partial charge is 0.335 e. The lowest BCUT2D eigenvalue weighted by Gasteiger charge is -2.26. The molecule has 0 radical (unpaired) electrons. The molecule has 0 aromatic heterocycles. The van der Waals surface area contributed by atoms with Crippen molar-refractivity contribution in [3.8, 4) is 5.75 Å². The van der Waals surface area contributed by atoms with Crippen molar-refractivity contribution < 1.29 is 23.5 Å². The number of imide groups is 2. The first kappa shape index (κ1) is 22.7. The van der Waals surface area contributed by atoms with Gasteiger partial charge in [-0.15, -0.1) is 0 Å². The highest BCUT2D eigenvalue weighted by molar-refractivity contribution is 9.10. The highest BCUT2D eigenvalue weighted by Gasteiger charge is 2.36. The highest BCUT2D eigenvalue weighted by Crippen LogP contribution is 2.29. The van der Waals surface area contributed by atoms with Gasteiger partial charge in [0, 0.05) is 4.47 Å². The van der Waals surface area contributed by atoms with Crippen molar-refractivity contribution >= 4 is 57.1 Å². The van der Waals surface area contributed by atoms with Crippen LogP contribution in [0.3, 0.4) is 0 Å². The monoisotopic (exact) mass is 528 g/mol. The topological polar surface area (TPSA) is 75.7 Å². The number of urea groups is 1. The molecular weight excluding hydrogens is 515 g/mol. The van der Waals surface area contributed by atoms with E-state index in [2.05, 4.69) is 21.2 Å². The molecule has 9 heteroatoms. The van der Waals surface area contributed by atoms with E-state index in [0.29, 0.717) is 17.0 Å². The van der Waals surface area contributed by atoms with Gasteiger partial charge in [0.15, 0.2) is 0 Å². The van der Waals surface area contributed by atoms with Crippen LogP contribution in [0.5, 0.6) is 5.75 Å². The summed E-state index contributed by atoms with van der Waals surface area (Å²) in [6.45, 7) is 0.186. The number of hydrogen-bond acceptors (Lipinski definition) is 4. The largest absolute Gasteiger partial charge is 0.487 e. The Balaban J connectivity index is 1.55. The number of carbonyl (C=O) groups excluding carboxylic acids is 3. The lowest BCUT2D eigenvalue weighted by Crippen LogP contribution is -2.54. The molecule has 166 valence electrons. The van der Waals surface area contributed by atoms with Crippen molar-refractivity contribution in [2.24, 2.45) is 0 Å². The number of amides is 4. The van der Waals surface area contributed by atoms with Crippen LogP contribution in [0, 0.1) is 5.82 Å². The number of nitrogens with zero attached hydrogens (tertiary/aromatic N) is 1. The number of benzene rings is 3. The molecule has 4 amide bonds. The van der Waals surface area contributed by atoms with Crippen LogP contribution in [0.2, 0.25) is 5.02 Å². The third kappa shape index (κ3) is 5.13. The lowest BCUT2D eigenvalue weighted by atomic mass is 10.1. The van der Waals surface area contributed by atoms with Crippen LogP contribution in [0.25, 0.3) is 6.08 Å². The van der Waals surface area contributed by atoms with Gasteiger partial charge in [-0.1, -0.05) is 45.7 Å². The van der Waals surface area contributed by atoms with Crippen LogP contribution >= 0.6 is 27.5 Å².